The second-order valence-corrected chi connectivity index (χ2v) is 7.54. The fraction of sp³-hybridized carbons (Fsp3) is 1.00. The number of hydrogen-bond acceptors (Lipinski definition) is 2. The van der Waals surface area contributed by atoms with Crippen molar-refractivity contribution in [3.05, 3.63) is 0 Å². The first kappa shape index (κ1) is 16.0. The molecule has 0 bridgehead atoms. The molecule has 0 aromatic carbocycles. The first-order valence-electron chi connectivity index (χ1n) is 7.78. The van der Waals surface area contributed by atoms with Gasteiger partial charge in [0.15, 0.2) is 0 Å². The van der Waals surface area contributed by atoms with Gasteiger partial charge in [-0.15, -0.1) is 0 Å². The molecule has 1 heterocycles. The molecule has 1 rings (SSSR count). The van der Waals surface area contributed by atoms with Gasteiger partial charge in [-0.25, -0.2) is 0 Å². The molecule has 3 unspecified atom stereocenters. The summed E-state index contributed by atoms with van der Waals surface area (Å²) in [6.07, 6.45) is 2.62. The fourth-order valence-corrected chi connectivity index (χ4v) is 3.16. The summed E-state index contributed by atoms with van der Waals surface area (Å²) in [5, 5.41) is 3.74. The molecule has 1 saturated heterocycles. The Labute approximate surface area is 115 Å². The van der Waals surface area contributed by atoms with Gasteiger partial charge in [0.05, 0.1) is 0 Å². The summed E-state index contributed by atoms with van der Waals surface area (Å²) in [5.74, 6) is 1.72. The molecule has 18 heavy (non-hydrogen) atoms. The van der Waals surface area contributed by atoms with Crippen LogP contribution < -0.4 is 5.32 Å². The zero-order chi connectivity index (χ0) is 13.8. The molecule has 0 aromatic heterocycles. The maximum Gasteiger partial charge on any atom is 0.0243 e. The monoisotopic (exact) mass is 254 g/mol. The molecule has 0 aliphatic carbocycles. The molecule has 0 radical (unpaired) electrons. The van der Waals surface area contributed by atoms with Crippen molar-refractivity contribution in [2.24, 2.45) is 17.3 Å². The second kappa shape index (κ2) is 6.91. The maximum absolute atomic E-state index is 3.74. The lowest BCUT2D eigenvalue weighted by atomic mass is 9.84. The predicted octanol–water partition coefficient (Wildman–Crippen LogP) is 3.38. The smallest absolute Gasteiger partial charge is 0.0243 e. The summed E-state index contributed by atoms with van der Waals surface area (Å²) in [6.45, 7) is 19.0. The lowest BCUT2D eigenvalue weighted by Gasteiger charge is -2.41. The van der Waals surface area contributed by atoms with E-state index in [2.05, 4.69) is 51.8 Å². The molecule has 0 spiro atoms. The van der Waals surface area contributed by atoms with E-state index in [-0.39, 0.29) is 0 Å². The van der Waals surface area contributed by atoms with Crippen molar-refractivity contribution in [2.45, 2.75) is 60.4 Å². The lowest BCUT2D eigenvalue weighted by molar-refractivity contribution is 0.103. The predicted molar refractivity (Wildman–Crippen MR) is 80.9 cm³/mol. The number of piperidine rings is 1. The second-order valence-electron chi connectivity index (χ2n) is 7.54. The number of nitrogens with zero attached hydrogens (tertiary/aromatic N) is 1. The lowest BCUT2D eigenvalue weighted by Crippen LogP contribution is -2.51. The molecular formula is C16H34N2. The van der Waals surface area contributed by atoms with Gasteiger partial charge in [-0.05, 0) is 36.6 Å². The Balaban J connectivity index is 2.54. The third-order valence-corrected chi connectivity index (χ3v) is 4.07. The van der Waals surface area contributed by atoms with E-state index in [9.17, 15) is 0 Å². The molecule has 2 heteroatoms. The van der Waals surface area contributed by atoms with Gasteiger partial charge in [0, 0.05) is 25.7 Å². The Morgan fingerprint density at radius 2 is 1.72 bits per heavy atom. The molecule has 0 saturated carbocycles. The van der Waals surface area contributed by atoms with Crippen LogP contribution in [0.4, 0.5) is 0 Å². The van der Waals surface area contributed by atoms with Gasteiger partial charge in [0.2, 0.25) is 0 Å². The molecule has 1 aliphatic heterocycles. The van der Waals surface area contributed by atoms with Crippen LogP contribution in [0.2, 0.25) is 0 Å². The normalized spacial score (nSPS) is 28.3. The zero-order valence-corrected chi connectivity index (χ0v) is 13.4. The molecule has 3 atom stereocenters. The molecule has 0 aromatic rings. The van der Waals surface area contributed by atoms with Crippen LogP contribution in [0.25, 0.3) is 0 Å². The summed E-state index contributed by atoms with van der Waals surface area (Å²) >= 11 is 0. The number of hydrogen-bond donors (Lipinski definition) is 1. The molecule has 0 amide bonds. The molecule has 1 fully saturated rings. The summed E-state index contributed by atoms with van der Waals surface area (Å²) in [6, 6.07) is 0.606. The van der Waals surface area contributed by atoms with Gasteiger partial charge in [0.1, 0.15) is 0 Å². The largest absolute Gasteiger partial charge is 0.312 e. The van der Waals surface area contributed by atoms with Crippen LogP contribution >= 0.6 is 0 Å². The zero-order valence-electron chi connectivity index (χ0n) is 13.4. The average Bonchev–Trinajstić information content (AvgIpc) is 2.21. The number of rotatable bonds is 5. The highest BCUT2D eigenvalue weighted by atomic mass is 15.2. The minimum atomic E-state index is 0.346. The molecule has 2 nitrogen and oxygen atoms in total. The van der Waals surface area contributed by atoms with E-state index in [1.807, 2.05) is 0 Å². The molecule has 108 valence electrons. The van der Waals surface area contributed by atoms with Crippen LogP contribution in [0.1, 0.15) is 54.4 Å². The first-order valence-corrected chi connectivity index (χ1v) is 7.78. The van der Waals surface area contributed by atoms with E-state index in [4.69, 9.17) is 0 Å². The van der Waals surface area contributed by atoms with E-state index in [0.717, 1.165) is 18.4 Å². The summed E-state index contributed by atoms with van der Waals surface area (Å²) < 4.78 is 0. The third-order valence-electron chi connectivity index (χ3n) is 4.07. The Bertz CT molecular complexity index is 222. The van der Waals surface area contributed by atoms with Crippen molar-refractivity contribution in [3.8, 4) is 0 Å². The van der Waals surface area contributed by atoms with Crippen LogP contribution in [0.5, 0.6) is 0 Å². The fourth-order valence-electron chi connectivity index (χ4n) is 3.16. The van der Waals surface area contributed by atoms with E-state index < -0.39 is 0 Å². The van der Waals surface area contributed by atoms with Gasteiger partial charge >= 0.3 is 0 Å². The first-order chi connectivity index (χ1) is 8.32. The van der Waals surface area contributed by atoms with Gasteiger partial charge in [-0.2, -0.15) is 0 Å². The van der Waals surface area contributed by atoms with E-state index in [1.54, 1.807) is 0 Å². The van der Waals surface area contributed by atoms with Crippen molar-refractivity contribution in [2.75, 3.05) is 26.2 Å². The molecule has 1 aliphatic rings. The van der Waals surface area contributed by atoms with Crippen molar-refractivity contribution < 1.29 is 0 Å². The van der Waals surface area contributed by atoms with Gasteiger partial charge in [0.25, 0.3) is 0 Å². The Morgan fingerprint density at radius 3 is 2.17 bits per heavy atom. The summed E-state index contributed by atoms with van der Waals surface area (Å²) in [7, 11) is 0. The quantitative estimate of drug-likeness (QED) is 0.809. The molecular weight excluding hydrogens is 220 g/mol. The van der Waals surface area contributed by atoms with Gasteiger partial charge in [-0.3, -0.25) is 0 Å². The minimum absolute atomic E-state index is 0.346. The maximum atomic E-state index is 3.74. The standard InChI is InChI=1S/C16H34N2/c1-7-8-17-15(16(4,5)6)12-18-10-13(2)9-14(3)11-18/h13-15,17H,7-12H2,1-6H3. The van der Waals surface area contributed by atoms with Gasteiger partial charge < -0.3 is 10.2 Å². The topological polar surface area (TPSA) is 15.3 Å². The van der Waals surface area contributed by atoms with E-state index in [0.29, 0.717) is 11.5 Å². The van der Waals surface area contributed by atoms with Crippen LogP contribution in [0.3, 0.4) is 0 Å². The van der Waals surface area contributed by atoms with Crippen LogP contribution in [-0.2, 0) is 0 Å². The van der Waals surface area contributed by atoms with E-state index in [1.165, 1.54) is 32.5 Å². The van der Waals surface area contributed by atoms with Crippen molar-refractivity contribution in [3.63, 3.8) is 0 Å². The number of nitrogens with one attached hydrogen (secondary N) is 1. The Hall–Kier alpha value is -0.0800. The number of likely N-dealkylation sites (tertiary alicyclic amines) is 1. The SMILES string of the molecule is CCCNC(CN1CC(C)CC(C)C1)C(C)(C)C. The summed E-state index contributed by atoms with van der Waals surface area (Å²) in [4.78, 5) is 2.68. The highest BCUT2D eigenvalue weighted by Gasteiger charge is 2.29. The van der Waals surface area contributed by atoms with Crippen LogP contribution in [0, 0.1) is 17.3 Å². The molecule has 1 N–H and O–H groups in total. The van der Waals surface area contributed by atoms with Crippen molar-refractivity contribution in [1.29, 1.82) is 0 Å². The highest BCUT2D eigenvalue weighted by molar-refractivity contribution is 4.86. The highest BCUT2D eigenvalue weighted by Crippen LogP contribution is 2.25. The Morgan fingerprint density at radius 1 is 1.17 bits per heavy atom. The Kier molecular flexibility index (Phi) is 6.13. The van der Waals surface area contributed by atoms with Crippen molar-refractivity contribution >= 4 is 0 Å². The van der Waals surface area contributed by atoms with Crippen LogP contribution in [-0.4, -0.2) is 37.1 Å². The van der Waals surface area contributed by atoms with E-state index >= 15 is 0 Å². The van der Waals surface area contributed by atoms with Crippen molar-refractivity contribution in [1.82, 2.24) is 10.2 Å². The van der Waals surface area contributed by atoms with Crippen LogP contribution in [0.15, 0.2) is 0 Å². The van der Waals surface area contributed by atoms with Gasteiger partial charge in [-0.1, -0.05) is 41.5 Å². The average molecular weight is 254 g/mol. The minimum Gasteiger partial charge on any atom is -0.312 e. The summed E-state index contributed by atoms with van der Waals surface area (Å²) in [5.41, 5.74) is 0.346. The third kappa shape index (κ3) is 5.27.